The van der Waals surface area contributed by atoms with Gasteiger partial charge >= 0.3 is 5.97 Å². The first-order valence-corrected chi connectivity index (χ1v) is 9.16. The van der Waals surface area contributed by atoms with Crippen molar-refractivity contribution in [1.29, 1.82) is 0 Å². The van der Waals surface area contributed by atoms with Crippen molar-refractivity contribution in [2.45, 2.75) is 56.3 Å². The van der Waals surface area contributed by atoms with E-state index in [1.165, 1.54) is 31.6 Å². The Morgan fingerprint density at radius 3 is 2.45 bits per heavy atom. The Balaban J connectivity index is 2.80. The smallest absolute Gasteiger partial charge is 0.304 e. The molecule has 0 saturated carbocycles. The van der Waals surface area contributed by atoms with E-state index in [0.717, 1.165) is 25.7 Å². The zero-order valence-electron chi connectivity index (χ0n) is 13.2. The van der Waals surface area contributed by atoms with Crippen molar-refractivity contribution in [1.82, 2.24) is 0 Å². The molecule has 5 heteroatoms. The number of esters is 1. The predicted octanol–water partition coefficient (Wildman–Crippen LogP) is 3.88. The molecule has 0 bridgehead atoms. The highest BCUT2D eigenvalue weighted by molar-refractivity contribution is 7.92. The van der Waals surface area contributed by atoms with Crippen molar-refractivity contribution in [3.8, 4) is 0 Å². The molecule has 122 valence electrons. The van der Waals surface area contributed by atoms with Crippen molar-refractivity contribution in [2.75, 3.05) is 0 Å². The van der Waals surface area contributed by atoms with Crippen molar-refractivity contribution < 1.29 is 17.9 Å². The maximum absolute atomic E-state index is 12.5. The van der Waals surface area contributed by atoms with E-state index in [1.807, 2.05) is 0 Å². The molecule has 0 radical (unpaired) electrons. The number of hydrogen-bond acceptors (Lipinski definition) is 4. The lowest BCUT2D eigenvalue weighted by Gasteiger charge is -2.14. The number of hydrogen-bond donors (Lipinski definition) is 0. The molecule has 22 heavy (non-hydrogen) atoms. The Bertz CT molecular complexity index is 576. The van der Waals surface area contributed by atoms with Crippen LogP contribution in [-0.4, -0.2) is 19.8 Å². The van der Waals surface area contributed by atoms with Gasteiger partial charge in [-0.05, 0) is 31.1 Å². The molecular weight excluding hydrogens is 300 g/mol. The minimum Gasteiger partial charge on any atom is -0.441 e. The van der Waals surface area contributed by atoms with Gasteiger partial charge < -0.3 is 4.74 Å². The van der Waals surface area contributed by atoms with Crippen LogP contribution >= 0.6 is 0 Å². The summed E-state index contributed by atoms with van der Waals surface area (Å²) in [5, 5.41) is 0. The van der Waals surface area contributed by atoms with Crippen molar-refractivity contribution in [2.24, 2.45) is 0 Å². The van der Waals surface area contributed by atoms with Crippen LogP contribution < -0.4 is 0 Å². The molecule has 0 N–H and O–H groups in total. The number of unbranched alkanes of at least 4 members (excludes halogenated alkanes) is 4. The Labute approximate surface area is 133 Å². The molecule has 0 saturated heterocycles. The molecule has 1 aromatic carbocycles. The summed E-state index contributed by atoms with van der Waals surface area (Å²) in [6.07, 6.45) is 8.47. The van der Waals surface area contributed by atoms with Gasteiger partial charge in [0, 0.05) is 6.92 Å². The molecule has 0 aliphatic carbocycles. The highest BCUT2D eigenvalue weighted by Gasteiger charge is 2.27. The summed E-state index contributed by atoms with van der Waals surface area (Å²) >= 11 is 0. The van der Waals surface area contributed by atoms with Crippen LogP contribution in [0.1, 0.15) is 46.0 Å². The van der Waals surface area contributed by atoms with Crippen LogP contribution in [0.4, 0.5) is 0 Å². The van der Waals surface area contributed by atoms with Crippen LogP contribution in [0.15, 0.2) is 47.4 Å². The molecule has 0 spiro atoms. The third-order valence-corrected chi connectivity index (χ3v) is 4.97. The molecule has 0 aliphatic rings. The van der Waals surface area contributed by atoms with Gasteiger partial charge in [-0.15, -0.1) is 0 Å². The molecular formula is C17H24O4S. The number of rotatable bonds is 9. The van der Waals surface area contributed by atoms with Gasteiger partial charge in [-0.1, -0.05) is 50.5 Å². The quantitative estimate of drug-likeness (QED) is 0.393. The molecule has 0 unspecified atom stereocenters. The Morgan fingerprint density at radius 2 is 1.86 bits per heavy atom. The van der Waals surface area contributed by atoms with E-state index in [1.54, 1.807) is 24.3 Å². The van der Waals surface area contributed by atoms with Gasteiger partial charge in [-0.2, -0.15) is 0 Å². The Morgan fingerprint density at radius 1 is 1.18 bits per heavy atom. The lowest BCUT2D eigenvalue weighted by molar-refractivity contribution is -0.141. The van der Waals surface area contributed by atoms with E-state index in [0.29, 0.717) is 0 Å². The lowest BCUT2D eigenvalue weighted by atomic mass is 10.1. The number of sulfone groups is 1. The SMILES string of the molecule is CCCCCC/C=C/[C@@H](OC(C)=O)S(=O)(=O)c1ccccc1. The van der Waals surface area contributed by atoms with Crippen LogP contribution in [0, 0.1) is 0 Å². The minimum atomic E-state index is -3.72. The second-order valence-corrected chi connectivity index (χ2v) is 7.14. The molecule has 1 rings (SSSR count). The molecule has 0 aliphatic heterocycles. The number of benzene rings is 1. The number of ether oxygens (including phenoxy) is 1. The van der Waals surface area contributed by atoms with Crippen molar-refractivity contribution in [3.05, 3.63) is 42.5 Å². The first-order valence-electron chi connectivity index (χ1n) is 7.61. The minimum absolute atomic E-state index is 0.150. The maximum atomic E-state index is 12.5. The molecule has 1 atom stereocenters. The predicted molar refractivity (Wildman–Crippen MR) is 87.1 cm³/mol. The van der Waals surface area contributed by atoms with Crippen LogP contribution in [-0.2, 0) is 19.4 Å². The number of carbonyl (C=O) groups excluding carboxylic acids is 1. The van der Waals surface area contributed by atoms with Crippen LogP contribution in [0.3, 0.4) is 0 Å². The molecule has 0 heterocycles. The molecule has 4 nitrogen and oxygen atoms in total. The van der Waals surface area contributed by atoms with Gasteiger partial charge in [0.15, 0.2) is 0 Å². The van der Waals surface area contributed by atoms with Crippen LogP contribution in [0.2, 0.25) is 0 Å². The maximum Gasteiger partial charge on any atom is 0.304 e. The Hall–Kier alpha value is -1.62. The van der Waals surface area contributed by atoms with Gasteiger partial charge in [0.1, 0.15) is 0 Å². The monoisotopic (exact) mass is 324 g/mol. The van der Waals surface area contributed by atoms with E-state index >= 15 is 0 Å². The van der Waals surface area contributed by atoms with Gasteiger partial charge in [-0.25, -0.2) is 8.42 Å². The van der Waals surface area contributed by atoms with Crippen molar-refractivity contribution in [3.63, 3.8) is 0 Å². The zero-order chi connectivity index (χ0) is 16.4. The summed E-state index contributed by atoms with van der Waals surface area (Å²) in [5.74, 6) is -0.611. The van der Waals surface area contributed by atoms with Crippen LogP contribution in [0.5, 0.6) is 0 Å². The summed E-state index contributed by atoms with van der Waals surface area (Å²) in [7, 11) is -3.72. The van der Waals surface area contributed by atoms with Gasteiger partial charge in [0.05, 0.1) is 4.90 Å². The van der Waals surface area contributed by atoms with Gasteiger partial charge in [0.25, 0.3) is 0 Å². The first-order chi connectivity index (χ1) is 10.5. The summed E-state index contributed by atoms with van der Waals surface area (Å²) in [4.78, 5) is 11.3. The van der Waals surface area contributed by atoms with Crippen LogP contribution in [0.25, 0.3) is 0 Å². The fourth-order valence-electron chi connectivity index (χ4n) is 2.01. The van der Waals surface area contributed by atoms with Crippen molar-refractivity contribution >= 4 is 15.8 Å². The summed E-state index contributed by atoms with van der Waals surface area (Å²) in [6.45, 7) is 3.35. The summed E-state index contributed by atoms with van der Waals surface area (Å²) in [6, 6.07) is 8.03. The topological polar surface area (TPSA) is 60.4 Å². The number of allylic oxidation sites excluding steroid dienone is 1. The normalized spacial score (nSPS) is 13.2. The largest absolute Gasteiger partial charge is 0.441 e. The molecule has 0 fully saturated rings. The highest BCUT2D eigenvalue weighted by atomic mass is 32.2. The fraction of sp³-hybridized carbons (Fsp3) is 0.471. The van der Waals surface area contributed by atoms with E-state index in [2.05, 4.69) is 6.92 Å². The zero-order valence-corrected chi connectivity index (χ0v) is 14.0. The van der Waals surface area contributed by atoms with Gasteiger partial charge in [0.2, 0.25) is 15.3 Å². The molecule has 0 aromatic heterocycles. The number of carbonyl (C=O) groups is 1. The third kappa shape index (κ3) is 6.02. The lowest BCUT2D eigenvalue weighted by Crippen LogP contribution is -2.24. The average Bonchev–Trinajstić information content (AvgIpc) is 2.50. The van der Waals surface area contributed by atoms with E-state index in [9.17, 15) is 13.2 Å². The fourth-order valence-corrected chi connectivity index (χ4v) is 3.40. The highest BCUT2D eigenvalue weighted by Crippen LogP contribution is 2.18. The van der Waals surface area contributed by atoms with E-state index < -0.39 is 21.2 Å². The van der Waals surface area contributed by atoms with E-state index in [4.69, 9.17) is 4.74 Å². The Kier molecular flexibility index (Phi) is 7.88. The average molecular weight is 324 g/mol. The van der Waals surface area contributed by atoms with E-state index in [-0.39, 0.29) is 4.90 Å². The third-order valence-electron chi connectivity index (χ3n) is 3.18. The second kappa shape index (κ2) is 9.41. The molecule has 1 aromatic rings. The molecule has 0 amide bonds. The first kappa shape index (κ1) is 18.4. The summed E-state index contributed by atoms with van der Waals surface area (Å²) in [5.41, 5.74) is -1.27. The van der Waals surface area contributed by atoms with Gasteiger partial charge in [-0.3, -0.25) is 4.79 Å². The standard InChI is InChI=1S/C17H24O4S/c1-3-4-5-6-7-11-14-17(21-15(2)18)22(19,20)16-12-9-8-10-13-16/h8-14,17H,3-7H2,1-2H3/b14-11+/t17-/m0/s1. The second-order valence-electron chi connectivity index (χ2n) is 5.11. The summed E-state index contributed by atoms with van der Waals surface area (Å²) < 4.78 is 30.0.